The lowest BCUT2D eigenvalue weighted by Gasteiger charge is -2.14. The Bertz CT molecular complexity index is 919. The van der Waals surface area contributed by atoms with E-state index in [2.05, 4.69) is 15.2 Å². The Morgan fingerprint density at radius 1 is 1.21 bits per heavy atom. The number of aromatic amines is 1. The van der Waals surface area contributed by atoms with Crippen molar-refractivity contribution in [3.05, 3.63) is 41.1 Å². The van der Waals surface area contributed by atoms with Gasteiger partial charge in [0.05, 0.1) is 17.5 Å². The number of hydrogen-bond acceptors (Lipinski definition) is 3. The molecule has 1 fully saturated rings. The standard InChI is InChI=1S/C17H14F3N3O/c1-8-4-10(17(18,19)20)5-14(24)15(8)13-6-11(9-2-3-9)12-7-21-23-16(12)22-13/h4-7,9,24H,2-3H2,1H3,(H,21,22,23). The van der Waals surface area contributed by atoms with E-state index in [0.717, 1.165) is 35.9 Å². The first kappa shape index (κ1) is 15.0. The van der Waals surface area contributed by atoms with E-state index in [0.29, 0.717) is 28.4 Å². The van der Waals surface area contributed by atoms with Gasteiger partial charge in [0.15, 0.2) is 5.65 Å². The van der Waals surface area contributed by atoms with Gasteiger partial charge >= 0.3 is 6.18 Å². The third kappa shape index (κ3) is 2.40. The summed E-state index contributed by atoms with van der Waals surface area (Å²) in [5, 5.41) is 17.9. The smallest absolute Gasteiger partial charge is 0.416 e. The van der Waals surface area contributed by atoms with Gasteiger partial charge in [-0.25, -0.2) is 4.98 Å². The molecule has 1 saturated carbocycles. The molecule has 1 aliphatic carbocycles. The molecule has 7 heteroatoms. The molecule has 2 heterocycles. The molecule has 3 aromatic rings. The first-order chi connectivity index (χ1) is 11.3. The summed E-state index contributed by atoms with van der Waals surface area (Å²) >= 11 is 0. The molecule has 24 heavy (non-hydrogen) atoms. The van der Waals surface area contributed by atoms with E-state index in [9.17, 15) is 18.3 Å². The molecule has 0 spiro atoms. The lowest BCUT2D eigenvalue weighted by atomic mass is 9.98. The van der Waals surface area contributed by atoms with Crippen molar-refractivity contribution in [1.29, 1.82) is 0 Å². The largest absolute Gasteiger partial charge is 0.507 e. The predicted molar refractivity (Wildman–Crippen MR) is 82.7 cm³/mol. The third-order valence-electron chi connectivity index (χ3n) is 4.37. The molecular weight excluding hydrogens is 319 g/mol. The Morgan fingerprint density at radius 2 is 1.96 bits per heavy atom. The van der Waals surface area contributed by atoms with Crippen molar-refractivity contribution >= 4 is 11.0 Å². The van der Waals surface area contributed by atoms with E-state index < -0.39 is 17.5 Å². The number of rotatable bonds is 2. The Kier molecular flexibility index (Phi) is 3.10. The fraction of sp³-hybridized carbons (Fsp3) is 0.294. The number of alkyl halides is 3. The Balaban J connectivity index is 1.91. The van der Waals surface area contributed by atoms with Crippen molar-refractivity contribution in [2.45, 2.75) is 31.9 Å². The molecule has 2 N–H and O–H groups in total. The first-order valence-corrected chi connectivity index (χ1v) is 7.60. The number of benzene rings is 1. The summed E-state index contributed by atoms with van der Waals surface area (Å²) in [6.45, 7) is 1.54. The second-order valence-electron chi connectivity index (χ2n) is 6.19. The SMILES string of the molecule is Cc1cc(C(F)(F)F)cc(O)c1-c1cc(C2CC2)c2cn[nH]c2n1. The number of H-pyrrole nitrogens is 1. The van der Waals surface area contributed by atoms with Crippen LogP contribution in [0.2, 0.25) is 0 Å². The second kappa shape index (κ2) is 4.96. The topological polar surface area (TPSA) is 61.8 Å². The Morgan fingerprint density at radius 3 is 2.58 bits per heavy atom. The van der Waals surface area contributed by atoms with Gasteiger partial charge in [0.2, 0.25) is 0 Å². The van der Waals surface area contributed by atoms with Crippen LogP contribution in [-0.2, 0) is 6.18 Å². The van der Waals surface area contributed by atoms with Gasteiger partial charge in [-0.1, -0.05) is 0 Å². The highest BCUT2D eigenvalue weighted by Gasteiger charge is 2.32. The molecule has 0 bridgehead atoms. The van der Waals surface area contributed by atoms with Crippen LogP contribution in [0.1, 0.15) is 35.4 Å². The zero-order valence-corrected chi connectivity index (χ0v) is 12.8. The number of halogens is 3. The van der Waals surface area contributed by atoms with Gasteiger partial charge in [0.1, 0.15) is 5.75 Å². The maximum absolute atomic E-state index is 12.9. The molecule has 0 amide bonds. The summed E-state index contributed by atoms with van der Waals surface area (Å²) in [6.07, 6.45) is -0.649. The van der Waals surface area contributed by atoms with Gasteiger partial charge in [-0.05, 0) is 55.0 Å². The summed E-state index contributed by atoms with van der Waals surface area (Å²) in [5.41, 5.74) is 1.89. The molecule has 0 atom stereocenters. The molecule has 4 rings (SSSR count). The fourth-order valence-electron chi connectivity index (χ4n) is 3.08. The van der Waals surface area contributed by atoms with Crippen LogP contribution in [0.4, 0.5) is 13.2 Å². The van der Waals surface area contributed by atoms with Crippen LogP contribution in [-0.4, -0.2) is 20.3 Å². The van der Waals surface area contributed by atoms with Crippen LogP contribution in [0.3, 0.4) is 0 Å². The molecule has 4 nitrogen and oxygen atoms in total. The fourth-order valence-corrected chi connectivity index (χ4v) is 3.08. The number of aryl methyl sites for hydroxylation is 1. The summed E-state index contributed by atoms with van der Waals surface area (Å²) in [5.74, 6) is -0.000755. The van der Waals surface area contributed by atoms with Crippen LogP contribution in [0, 0.1) is 6.92 Å². The summed E-state index contributed by atoms with van der Waals surface area (Å²) < 4.78 is 38.7. The van der Waals surface area contributed by atoms with Crippen molar-refractivity contribution in [2.24, 2.45) is 0 Å². The molecule has 0 aliphatic heterocycles. The van der Waals surface area contributed by atoms with Gasteiger partial charge in [-0.15, -0.1) is 0 Å². The van der Waals surface area contributed by atoms with E-state index in [1.165, 1.54) is 0 Å². The quantitative estimate of drug-likeness (QED) is 0.724. The lowest BCUT2D eigenvalue weighted by Crippen LogP contribution is -2.05. The zero-order chi connectivity index (χ0) is 17.1. The van der Waals surface area contributed by atoms with Gasteiger partial charge < -0.3 is 5.11 Å². The highest BCUT2D eigenvalue weighted by molar-refractivity contribution is 5.84. The van der Waals surface area contributed by atoms with Gasteiger partial charge in [0, 0.05) is 10.9 Å². The van der Waals surface area contributed by atoms with Crippen molar-refractivity contribution in [1.82, 2.24) is 15.2 Å². The minimum absolute atomic E-state index is 0.321. The second-order valence-corrected chi connectivity index (χ2v) is 6.19. The highest BCUT2D eigenvalue weighted by atomic mass is 19.4. The molecule has 2 aromatic heterocycles. The predicted octanol–water partition coefficient (Wildman–Crippen LogP) is 4.54. The van der Waals surface area contributed by atoms with Gasteiger partial charge in [-0.2, -0.15) is 18.3 Å². The number of aromatic nitrogens is 3. The number of pyridine rings is 1. The van der Waals surface area contributed by atoms with Crippen LogP contribution in [0.15, 0.2) is 24.4 Å². The average Bonchev–Trinajstić information content (AvgIpc) is 3.22. The first-order valence-electron chi connectivity index (χ1n) is 7.60. The summed E-state index contributed by atoms with van der Waals surface area (Å²) in [4.78, 5) is 4.43. The number of nitrogens with zero attached hydrogens (tertiary/aromatic N) is 2. The minimum Gasteiger partial charge on any atom is -0.507 e. The van der Waals surface area contributed by atoms with Crippen LogP contribution < -0.4 is 0 Å². The van der Waals surface area contributed by atoms with E-state index in [4.69, 9.17) is 0 Å². The highest BCUT2D eigenvalue weighted by Crippen LogP contribution is 2.45. The van der Waals surface area contributed by atoms with Gasteiger partial charge in [-0.3, -0.25) is 5.10 Å². The van der Waals surface area contributed by atoms with Crippen LogP contribution >= 0.6 is 0 Å². The molecule has 0 unspecified atom stereocenters. The Hall–Kier alpha value is -2.57. The number of aromatic hydroxyl groups is 1. The maximum Gasteiger partial charge on any atom is 0.416 e. The molecular formula is C17H14F3N3O. The number of fused-ring (bicyclic) bond motifs is 1. The molecule has 0 saturated heterocycles. The van der Waals surface area contributed by atoms with Crippen LogP contribution in [0.25, 0.3) is 22.3 Å². The van der Waals surface area contributed by atoms with E-state index >= 15 is 0 Å². The zero-order valence-electron chi connectivity index (χ0n) is 12.8. The van der Waals surface area contributed by atoms with Crippen molar-refractivity contribution < 1.29 is 18.3 Å². The Labute approximate surface area is 135 Å². The van der Waals surface area contributed by atoms with Gasteiger partial charge in [0.25, 0.3) is 0 Å². The van der Waals surface area contributed by atoms with Crippen molar-refractivity contribution in [3.63, 3.8) is 0 Å². The lowest BCUT2D eigenvalue weighted by molar-refractivity contribution is -0.137. The van der Waals surface area contributed by atoms with Crippen molar-refractivity contribution in [2.75, 3.05) is 0 Å². The van der Waals surface area contributed by atoms with Crippen LogP contribution in [0.5, 0.6) is 5.75 Å². The van der Waals surface area contributed by atoms with E-state index in [1.54, 1.807) is 13.1 Å². The molecule has 1 aliphatic rings. The molecule has 124 valence electrons. The number of phenolic OH excluding ortho intramolecular Hbond substituents is 1. The maximum atomic E-state index is 12.9. The number of phenols is 1. The molecule has 0 radical (unpaired) electrons. The summed E-state index contributed by atoms with van der Waals surface area (Å²) in [6, 6.07) is 3.63. The monoisotopic (exact) mass is 333 g/mol. The average molecular weight is 333 g/mol. The number of nitrogens with one attached hydrogen (secondary N) is 1. The van der Waals surface area contributed by atoms with E-state index in [-0.39, 0.29) is 0 Å². The third-order valence-corrected chi connectivity index (χ3v) is 4.37. The van der Waals surface area contributed by atoms with E-state index in [1.807, 2.05) is 6.07 Å². The van der Waals surface area contributed by atoms with Crippen molar-refractivity contribution in [3.8, 4) is 17.0 Å². The molecule has 1 aromatic carbocycles. The number of hydrogen-bond donors (Lipinski definition) is 2. The summed E-state index contributed by atoms with van der Waals surface area (Å²) in [7, 11) is 0. The normalized spacial score (nSPS) is 15.2. The minimum atomic E-state index is -4.50.